The second kappa shape index (κ2) is 15.8. The van der Waals surface area contributed by atoms with Gasteiger partial charge in [0.05, 0.1) is 5.00 Å². The van der Waals surface area contributed by atoms with Crippen LogP contribution in [-0.4, -0.2) is 6.71 Å². The minimum Gasteiger partial charge on any atom is -0.311 e. The number of aryl methyl sites for hydroxylation is 2. The largest absolute Gasteiger partial charge is 0.311 e. The maximum absolute atomic E-state index is 2.62. The van der Waals surface area contributed by atoms with Crippen LogP contribution >= 0.6 is 11.3 Å². The fourth-order valence-electron chi connectivity index (χ4n) is 10.1. The van der Waals surface area contributed by atoms with Crippen molar-refractivity contribution in [1.29, 1.82) is 0 Å². The number of nitrogens with zero attached hydrogens (tertiary/aromatic N) is 3. The summed E-state index contributed by atoms with van der Waals surface area (Å²) in [5.41, 5.74) is 21.3. The molecule has 0 saturated heterocycles. The van der Waals surface area contributed by atoms with Gasteiger partial charge in [-0.3, -0.25) is 0 Å². The Balaban J connectivity index is 1.32. The molecule has 0 radical (unpaired) electrons. The van der Waals surface area contributed by atoms with Gasteiger partial charge in [0.1, 0.15) is 0 Å². The molecular formula is C62H66BN3S. The van der Waals surface area contributed by atoms with E-state index in [0.29, 0.717) is 0 Å². The lowest BCUT2D eigenvalue weighted by Crippen LogP contribution is -2.61. The van der Waals surface area contributed by atoms with Gasteiger partial charge in [-0.1, -0.05) is 161 Å². The summed E-state index contributed by atoms with van der Waals surface area (Å²) in [5.74, 6) is 0. The monoisotopic (exact) mass is 896 g/mol. The molecule has 3 nitrogen and oxygen atoms in total. The first-order valence-corrected chi connectivity index (χ1v) is 25.0. The van der Waals surface area contributed by atoms with Crippen molar-refractivity contribution in [1.82, 2.24) is 0 Å². The fraction of sp³-hybridized carbons (Fsp3) is 0.290. The van der Waals surface area contributed by atoms with E-state index in [2.05, 4.69) is 257 Å². The van der Waals surface area contributed by atoms with Crippen LogP contribution in [0.4, 0.5) is 50.5 Å². The van der Waals surface area contributed by atoms with Crippen LogP contribution in [0.15, 0.2) is 146 Å². The first-order valence-electron chi connectivity index (χ1n) is 24.2. The zero-order chi connectivity index (χ0) is 47.5. The van der Waals surface area contributed by atoms with Crippen molar-refractivity contribution in [3.8, 4) is 0 Å². The number of fused-ring (bicyclic) bond motifs is 6. The molecule has 0 aliphatic carbocycles. The normalized spacial score (nSPS) is 13.7. The Kier molecular flexibility index (Phi) is 10.5. The third kappa shape index (κ3) is 7.87. The van der Waals surface area contributed by atoms with Gasteiger partial charge >= 0.3 is 0 Å². The molecular weight excluding hydrogens is 830 g/mol. The second-order valence-corrected chi connectivity index (χ2v) is 24.4. The summed E-state index contributed by atoms with van der Waals surface area (Å²) >= 11 is 1.94. The summed E-state index contributed by atoms with van der Waals surface area (Å²) in [5, 5.41) is 2.65. The Morgan fingerprint density at radius 3 is 1.34 bits per heavy atom. The highest BCUT2D eigenvalue weighted by atomic mass is 32.1. The average Bonchev–Trinajstić information content (AvgIpc) is 3.65. The van der Waals surface area contributed by atoms with Crippen molar-refractivity contribution < 1.29 is 0 Å². The molecule has 0 amide bonds. The van der Waals surface area contributed by atoms with Crippen molar-refractivity contribution >= 4 is 95.0 Å². The van der Waals surface area contributed by atoms with Crippen molar-refractivity contribution in [2.75, 3.05) is 14.7 Å². The van der Waals surface area contributed by atoms with E-state index in [-0.39, 0.29) is 28.4 Å². The Morgan fingerprint density at radius 2 is 0.851 bits per heavy atom. The summed E-state index contributed by atoms with van der Waals surface area (Å²) in [6, 6.07) is 56.4. The SMILES string of the molecule is Cc1ccc(N(c2ccc(C)cc2)c2ccc3c(c2)N(c2ccc(C(C)(C)C)cc2)c2cc(C(C)(C)C)cc4c2B3c2c(sc3ccc(C(C)(C)C)cc23)N4c2ccc(C(C)(C)C)cc2)cc1. The zero-order valence-corrected chi connectivity index (χ0v) is 43.0. The molecule has 2 aliphatic heterocycles. The minimum absolute atomic E-state index is 0.00433. The molecule has 3 heterocycles. The smallest absolute Gasteiger partial charge is 0.254 e. The summed E-state index contributed by atoms with van der Waals surface area (Å²) in [6.07, 6.45) is 0. The lowest BCUT2D eigenvalue weighted by atomic mass is 9.33. The van der Waals surface area contributed by atoms with Crippen LogP contribution in [0.1, 0.15) is 116 Å². The van der Waals surface area contributed by atoms with E-state index in [9.17, 15) is 0 Å². The number of rotatable bonds is 5. The summed E-state index contributed by atoms with van der Waals surface area (Å²) in [7, 11) is 0. The number of hydrogen-bond acceptors (Lipinski definition) is 4. The predicted octanol–water partition coefficient (Wildman–Crippen LogP) is 16.3. The van der Waals surface area contributed by atoms with Crippen LogP contribution in [0.25, 0.3) is 10.1 Å². The molecule has 0 spiro atoms. The molecule has 1 aromatic heterocycles. The number of hydrogen-bond donors (Lipinski definition) is 0. The zero-order valence-electron chi connectivity index (χ0n) is 42.2. The fourth-order valence-corrected chi connectivity index (χ4v) is 11.4. The molecule has 0 atom stereocenters. The molecule has 8 aromatic rings. The predicted molar refractivity (Wildman–Crippen MR) is 295 cm³/mol. The van der Waals surface area contributed by atoms with Gasteiger partial charge in [0, 0.05) is 50.2 Å². The third-order valence-electron chi connectivity index (χ3n) is 14.2. The molecule has 2 aliphatic rings. The van der Waals surface area contributed by atoms with Crippen molar-refractivity contribution in [2.24, 2.45) is 0 Å². The summed E-state index contributed by atoms with van der Waals surface area (Å²) in [6.45, 7) is 32.3. The van der Waals surface area contributed by atoms with Crippen LogP contribution in [0.3, 0.4) is 0 Å². The Bertz CT molecular complexity index is 3120. The number of thiophene rings is 1. The Hall–Kier alpha value is -6.04. The Morgan fingerprint density at radius 1 is 0.403 bits per heavy atom. The Labute approximate surface area is 405 Å². The van der Waals surface area contributed by atoms with Gasteiger partial charge in [-0.2, -0.15) is 0 Å². The molecule has 10 rings (SSSR count). The standard InChI is InChI=1S/C62H66BN3S/c1-39-15-24-45(25-16-39)64(46-26-17-40(2)18-27-46)49-32-33-51-52(38-49)65(47-28-19-41(20-29-47)59(3,4)5)53-36-44(62(12,13)14)37-54-57(53)63(51)56-50-35-43(61(9,10)11)23-34-55(50)67-58(56)66(54)48-30-21-42(22-31-48)60(6,7)8/h15-38H,1-14H3. The molecule has 0 saturated carbocycles. The second-order valence-electron chi connectivity index (χ2n) is 23.4. The molecule has 0 bridgehead atoms. The van der Waals surface area contributed by atoms with E-state index < -0.39 is 0 Å². The van der Waals surface area contributed by atoms with Crippen molar-refractivity contribution in [2.45, 2.75) is 119 Å². The van der Waals surface area contributed by atoms with Gasteiger partial charge in [0.15, 0.2) is 0 Å². The number of anilines is 9. The van der Waals surface area contributed by atoms with Crippen molar-refractivity contribution in [3.63, 3.8) is 0 Å². The van der Waals surface area contributed by atoms with Crippen molar-refractivity contribution in [3.05, 3.63) is 179 Å². The first-order chi connectivity index (χ1) is 31.6. The van der Waals surface area contributed by atoms with E-state index in [1.807, 2.05) is 11.3 Å². The van der Waals surface area contributed by atoms with Crippen LogP contribution in [0, 0.1) is 13.8 Å². The average molecular weight is 896 g/mol. The van der Waals surface area contributed by atoms with Gasteiger partial charge < -0.3 is 14.7 Å². The van der Waals surface area contributed by atoms with E-state index in [0.717, 1.165) is 22.7 Å². The van der Waals surface area contributed by atoms with Gasteiger partial charge in [-0.05, 0) is 158 Å². The van der Waals surface area contributed by atoms with E-state index >= 15 is 0 Å². The lowest BCUT2D eigenvalue weighted by Gasteiger charge is -2.44. The number of benzene rings is 7. The van der Waals surface area contributed by atoms with Crippen LogP contribution in [0.5, 0.6) is 0 Å². The van der Waals surface area contributed by atoms with Gasteiger partial charge in [-0.25, -0.2) is 0 Å². The van der Waals surface area contributed by atoms with Crippen LogP contribution < -0.4 is 31.1 Å². The van der Waals surface area contributed by atoms with E-state index in [4.69, 9.17) is 0 Å². The summed E-state index contributed by atoms with van der Waals surface area (Å²) < 4.78 is 1.32. The molecule has 7 aromatic carbocycles. The van der Waals surface area contributed by atoms with Gasteiger partial charge in [-0.15, -0.1) is 11.3 Å². The molecule has 0 fully saturated rings. The molecule has 338 valence electrons. The summed E-state index contributed by atoms with van der Waals surface area (Å²) in [4.78, 5) is 7.64. The maximum Gasteiger partial charge on any atom is 0.254 e. The van der Waals surface area contributed by atoms with Crippen LogP contribution in [-0.2, 0) is 21.7 Å². The lowest BCUT2D eigenvalue weighted by molar-refractivity contribution is 0.590. The minimum atomic E-state index is -0.123. The topological polar surface area (TPSA) is 9.72 Å². The molecule has 5 heteroatoms. The van der Waals surface area contributed by atoms with Crippen LogP contribution in [0.2, 0.25) is 0 Å². The highest BCUT2D eigenvalue weighted by Crippen LogP contribution is 2.51. The maximum atomic E-state index is 2.62. The highest BCUT2D eigenvalue weighted by molar-refractivity contribution is 7.26. The van der Waals surface area contributed by atoms with E-state index in [1.54, 1.807) is 0 Å². The van der Waals surface area contributed by atoms with Gasteiger partial charge in [0.2, 0.25) is 0 Å². The van der Waals surface area contributed by atoms with E-state index in [1.165, 1.54) is 87.6 Å². The molecule has 0 unspecified atom stereocenters. The van der Waals surface area contributed by atoms with Gasteiger partial charge in [0.25, 0.3) is 6.71 Å². The highest BCUT2D eigenvalue weighted by Gasteiger charge is 2.46. The quantitative estimate of drug-likeness (QED) is 0.159. The third-order valence-corrected chi connectivity index (χ3v) is 15.4. The molecule has 67 heavy (non-hydrogen) atoms. The molecule has 0 N–H and O–H groups in total. The first kappa shape index (κ1) is 44.8.